The topological polar surface area (TPSA) is 172 Å². The second kappa shape index (κ2) is 33.1. The van der Waals surface area contributed by atoms with Crippen LogP contribution in [0.15, 0.2) is 24.3 Å². The average molecular weight is 718 g/mol. The van der Waals surface area contributed by atoms with E-state index in [1.54, 1.807) is 0 Å². The van der Waals surface area contributed by atoms with Crippen molar-refractivity contribution in [2.24, 2.45) is 5.73 Å². The quantitative estimate of drug-likeness (QED) is 0.0247. The van der Waals surface area contributed by atoms with E-state index in [1.807, 2.05) is 0 Å². The van der Waals surface area contributed by atoms with Crippen LogP contribution in [0.25, 0.3) is 0 Å². The number of carbonyl (C=O) groups excluding carboxylic acids is 2. The van der Waals surface area contributed by atoms with E-state index in [1.165, 1.54) is 44.9 Å². The normalized spacial score (nSPS) is 14.2. The van der Waals surface area contributed by atoms with E-state index in [9.17, 15) is 23.8 Å². The minimum atomic E-state index is -4.71. The number of unbranched alkanes of at least 4 members (excludes halogenated alkanes) is 17. The highest BCUT2D eigenvalue weighted by molar-refractivity contribution is 7.47. The number of phosphoric acid groups is 1. The lowest BCUT2D eigenvalue weighted by Gasteiger charge is -2.20. The summed E-state index contributed by atoms with van der Waals surface area (Å²) in [6.45, 7) is 2.71. The SMILES string of the molecule is CCCC/C=C\CCCCCCCC(=O)OCC(COP(=O)(O)OCC(N)C(=O)O)OC(=O)CCCCCCC/C=C\CCCCCCC. The van der Waals surface area contributed by atoms with E-state index in [2.05, 4.69) is 42.7 Å². The molecule has 0 fully saturated rings. The van der Waals surface area contributed by atoms with Crippen molar-refractivity contribution in [3.8, 4) is 0 Å². The van der Waals surface area contributed by atoms with Crippen LogP contribution in [0.2, 0.25) is 0 Å². The lowest BCUT2D eigenvalue weighted by molar-refractivity contribution is -0.161. The van der Waals surface area contributed by atoms with Crippen LogP contribution in [0.1, 0.15) is 162 Å². The van der Waals surface area contributed by atoms with Crippen LogP contribution in [-0.2, 0) is 37.5 Å². The summed E-state index contributed by atoms with van der Waals surface area (Å²) in [6, 6.07) is -1.52. The Balaban J connectivity index is 4.47. The van der Waals surface area contributed by atoms with Gasteiger partial charge in [0, 0.05) is 12.8 Å². The molecular weight excluding hydrogens is 649 g/mol. The Bertz CT molecular complexity index is 942. The number of esters is 2. The van der Waals surface area contributed by atoms with Gasteiger partial charge in [-0.05, 0) is 57.8 Å². The number of allylic oxidation sites excluding steroid dienone is 4. The van der Waals surface area contributed by atoms with E-state index in [0.29, 0.717) is 12.8 Å². The Hall–Kier alpha value is -2.04. The van der Waals surface area contributed by atoms with Crippen molar-refractivity contribution in [1.82, 2.24) is 0 Å². The Morgan fingerprint density at radius 3 is 1.55 bits per heavy atom. The summed E-state index contributed by atoms with van der Waals surface area (Å²) in [5.74, 6) is -2.40. The van der Waals surface area contributed by atoms with Crippen molar-refractivity contribution in [3.05, 3.63) is 24.3 Å². The number of aliphatic carboxylic acids is 1. The molecule has 0 aliphatic rings. The molecule has 0 aromatic rings. The zero-order valence-corrected chi connectivity index (χ0v) is 31.4. The summed E-state index contributed by atoms with van der Waals surface area (Å²) in [5.41, 5.74) is 5.31. The molecule has 0 saturated carbocycles. The van der Waals surface area contributed by atoms with E-state index in [4.69, 9.17) is 24.8 Å². The molecule has 0 saturated heterocycles. The predicted octanol–water partition coefficient (Wildman–Crippen LogP) is 9.11. The average Bonchev–Trinajstić information content (AvgIpc) is 3.07. The number of phosphoric ester groups is 1. The zero-order chi connectivity index (χ0) is 36.4. The van der Waals surface area contributed by atoms with Crippen molar-refractivity contribution in [2.75, 3.05) is 19.8 Å². The van der Waals surface area contributed by atoms with Gasteiger partial charge in [-0.2, -0.15) is 0 Å². The largest absolute Gasteiger partial charge is 0.480 e. The molecule has 286 valence electrons. The highest BCUT2D eigenvalue weighted by Crippen LogP contribution is 2.43. The van der Waals surface area contributed by atoms with Gasteiger partial charge in [0.1, 0.15) is 12.6 Å². The predicted molar refractivity (Wildman–Crippen MR) is 194 cm³/mol. The minimum Gasteiger partial charge on any atom is -0.480 e. The number of carbonyl (C=O) groups is 3. The first-order valence-corrected chi connectivity index (χ1v) is 20.4. The van der Waals surface area contributed by atoms with Crippen molar-refractivity contribution in [3.63, 3.8) is 0 Å². The fourth-order valence-corrected chi connectivity index (χ4v) is 5.64. The summed E-state index contributed by atoms with van der Waals surface area (Å²) in [6.07, 6.45) is 31.1. The number of hydrogen-bond acceptors (Lipinski definition) is 9. The highest BCUT2D eigenvalue weighted by atomic mass is 31.2. The molecule has 3 unspecified atom stereocenters. The van der Waals surface area contributed by atoms with Gasteiger partial charge in [-0.1, -0.05) is 115 Å². The first kappa shape index (κ1) is 47.0. The summed E-state index contributed by atoms with van der Waals surface area (Å²) >= 11 is 0. The van der Waals surface area contributed by atoms with Gasteiger partial charge in [-0.15, -0.1) is 0 Å². The molecule has 0 amide bonds. The fraction of sp³-hybridized carbons (Fsp3) is 0.811. The maximum atomic E-state index is 12.5. The molecule has 3 atom stereocenters. The van der Waals surface area contributed by atoms with Crippen LogP contribution in [0, 0.1) is 0 Å². The first-order valence-electron chi connectivity index (χ1n) is 18.9. The standard InChI is InChI=1S/C37H68NO10P/c1-3-5-7-9-11-13-15-16-17-19-21-23-25-27-29-36(40)48-33(31-46-49(43,44)47-32-34(38)37(41)42)30-45-35(39)28-26-24-22-20-18-14-12-10-8-6-4-2/h10,12,15-16,33-34H,3-9,11,13-14,17-32,38H2,1-2H3,(H,41,42)(H,43,44)/b12-10-,16-15-. The minimum absolute atomic E-state index is 0.150. The van der Waals surface area contributed by atoms with Gasteiger partial charge >= 0.3 is 25.7 Å². The van der Waals surface area contributed by atoms with E-state index >= 15 is 0 Å². The third-order valence-corrected chi connectivity index (χ3v) is 8.87. The monoisotopic (exact) mass is 717 g/mol. The van der Waals surface area contributed by atoms with Crippen LogP contribution >= 0.6 is 7.82 Å². The molecule has 0 rings (SSSR count). The third-order valence-electron chi connectivity index (χ3n) is 7.92. The molecule has 0 bridgehead atoms. The number of rotatable bonds is 35. The van der Waals surface area contributed by atoms with E-state index < -0.39 is 51.1 Å². The van der Waals surface area contributed by atoms with Gasteiger partial charge < -0.3 is 25.2 Å². The van der Waals surface area contributed by atoms with Crippen LogP contribution in [0.3, 0.4) is 0 Å². The van der Waals surface area contributed by atoms with Crippen molar-refractivity contribution in [1.29, 1.82) is 0 Å². The van der Waals surface area contributed by atoms with Crippen LogP contribution in [0.4, 0.5) is 0 Å². The maximum absolute atomic E-state index is 12.5. The van der Waals surface area contributed by atoms with Crippen LogP contribution in [-0.4, -0.2) is 59.9 Å². The Morgan fingerprint density at radius 2 is 1.04 bits per heavy atom. The lowest BCUT2D eigenvalue weighted by Crippen LogP contribution is -2.34. The smallest absolute Gasteiger partial charge is 0.472 e. The van der Waals surface area contributed by atoms with Gasteiger partial charge in [0.05, 0.1) is 13.2 Å². The van der Waals surface area contributed by atoms with Gasteiger partial charge in [-0.25, -0.2) is 4.57 Å². The molecule has 0 aromatic carbocycles. The van der Waals surface area contributed by atoms with E-state index in [0.717, 1.165) is 77.0 Å². The molecule has 11 nitrogen and oxygen atoms in total. The fourth-order valence-electron chi connectivity index (χ4n) is 4.86. The molecule has 0 aliphatic carbocycles. The Morgan fingerprint density at radius 1 is 0.612 bits per heavy atom. The van der Waals surface area contributed by atoms with Gasteiger partial charge in [0.2, 0.25) is 0 Å². The maximum Gasteiger partial charge on any atom is 0.472 e. The molecule has 12 heteroatoms. The van der Waals surface area contributed by atoms with Crippen molar-refractivity contribution < 1.29 is 47.5 Å². The van der Waals surface area contributed by atoms with E-state index in [-0.39, 0.29) is 19.4 Å². The summed E-state index contributed by atoms with van der Waals surface area (Å²) < 4.78 is 32.5. The molecular formula is C37H68NO10P. The number of hydrogen-bond donors (Lipinski definition) is 3. The first-order chi connectivity index (χ1) is 23.6. The molecule has 0 heterocycles. The van der Waals surface area contributed by atoms with Crippen molar-refractivity contribution in [2.45, 2.75) is 174 Å². The molecule has 0 aliphatic heterocycles. The molecule has 0 radical (unpaired) electrons. The summed E-state index contributed by atoms with van der Waals surface area (Å²) in [4.78, 5) is 45.7. The molecule has 0 spiro atoms. The Kier molecular flexibility index (Phi) is 31.7. The summed E-state index contributed by atoms with van der Waals surface area (Å²) in [5, 5.41) is 8.85. The van der Waals surface area contributed by atoms with Crippen LogP contribution < -0.4 is 5.73 Å². The van der Waals surface area contributed by atoms with Crippen LogP contribution in [0.5, 0.6) is 0 Å². The molecule has 4 N–H and O–H groups in total. The Labute approximate surface area is 296 Å². The number of nitrogens with two attached hydrogens (primary N) is 1. The molecule has 0 aromatic heterocycles. The van der Waals surface area contributed by atoms with Gasteiger partial charge in [0.15, 0.2) is 6.10 Å². The number of carboxylic acids is 1. The number of ether oxygens (including phenoxy) is 2. The van der Waals surface area contributed by atoms with Gasteiger partial charge in [-0.3, -0.25) is 23.4 Å². The third kappa shape index (κ3) is 32.9. The second-order valence-electron chi connectivity index (χ2n) is 12.7. The number of carboxylic acid groups (broad SMARTS) is 1. The van der Waals surface area contributed by atoms with Gasteiger partial charge in [0.25, 0.3) is 0 Å². The lowest BCUT2D eigenvalue weighted by atomic mass is 10.1. The van der Waals surface area contributed by atoms with Crippen molar-refractivity contribution >= 4 is 25.7 Å². The molecule has 49 heavy (non-hydrogen) atoms. The second-order valence-corrected chi connectivity index (χ2v) is 14.2. The summed E-state index contributed by atoms with van der Waals surface area (Å²) in [7, 11) is -4.71. The zero-order valence-electron chi connectivity index (χ0n) is 30.5. The highest BCUT2D eigenvalue weighted by Gasteiger charge is 2.28.